The molecule has 3 aliphatic carbocycles. The smallest absolute Gasteiger partial charge is 0.0289 e. The average molecular weight is 206 g/mol. The van der Waals surface area contributed by atoms with E-state index in [1.807, 2.05) is 0 Å². The summed E-state index contributed by atoms with van der Waals surface area (Å²) in [4.78, 5) is 0. The molecule has 0 spiro atoms. The van der Waals surface area contributed by atoms with Crippen LogP contribution in [0.15, 0.2) is 0 Å². The van der Waals surface area contributed by atoms with Crippen molar-refractivity contribution in [1.82, 2.24) is 0 Å². The Kier molecular flexibility index (Phi) is 1.91. The summed E-state index contributed by atoms with van der Waals surface area (Å²) in [6.45, 7) is 10.2. The first kappa shape index (κ1) is 10.2. The second-order valence-corrected chi connectivity index (χ2v) is 7.71. The molecule has 0 heteroatoms. The first-order valence-electron chi connectivity index (χ1n) is 6.94. The lowest BCUT2D eigenvalue weighted by Gasteiger charge is -2.51. The quantitative estimate of drug-likeness (QED) is 0.547. The molecule has 86 valence electrons. The lowest BCUT2D eigenvalue weighted by atomic mass is 9.54. The number of hydrogen-bond acceptors (Lipinski definition) is 0. The van der Waals surface area contributed by atoms with Gasteiger partial charge in [0.1, 0.15) is 0 Å². The molecule has 0 amide bonds. The van der Waals surface area contributed by atoms with Crippen LogP contribution in [-0.4, -0.2) is 0 Å². The second-order valence-electron chi connectivity index (χ2n) is 7.71. The predicted octanol–water partition coefficient (Wildman–Crippen LogP) is 4.49. The fourth-order valence-corrected chi connectivity index (χ4v) is 5.92. The van der Waals surface area contributed by atoms with E-state index in [1.54, 1.807) is 0 Å². The summed E-state index contributed by atoms with van der Waals surface area (Å²) in [6, 6.07) is 0. The maximum Gasteiger partial charge on any atom is -0.0289 e. The van der Waals surface area contributed by atoms with Gasteiger partial charge in [-0.2, -0.15) is 0 Å². The lowest BCUT2D eigenvalue weighted by Crippen LogP contribution is -2.43. The van der Waals surface area contributed by atoms with Crippen LogP contribution >= 0.6 is 0 Å². The Balaban J connectivity index is 2.03. The van der Waals surface area contributed by atoms with Crippen molar-refractivity contribution in [3.63, 3.8) is 0 Å². The molecular weight excluding hydrogens is 180 g/mol. The van der Waals surface area contributed by atoms with Crippen molar-refractivity contribution in [2.45, 2.75) is 59.8 Å². The summed E-state index contributed by atoms with van der Waals surface area (Å²) in [7, 11) is 0. The summed E-state index contributed by atoms with van der Waals surface area (Å²) in [5.74, 6) is 4.20. The first-order chi connectivity index (χ1) is 6.94. The van der Waals surface area contributed by atoms with Crippen LogP contribution in [0.1, 0.15) is 59.8 Å². The van der Waals surface area contributed by atoms with Gasteiger partial charge in [0, 0.05) is 0 Å². The van der Waals surface area contributed by atoms with E-state index in [2.05, 4.69) is 27.7 Å². The molecule has 0 heterocycles. The SMILES string of the molecule is C[C@@H]1CC[C@H]2C3[C@H]1CC[C@@]2(C)CC3(C)C. The molecule has 0 aliphatic heterocycles. The molecule has 1 unspecified atom stereocenters. The fraction of sp³-hybridized carbons (Fsp3) is 1.00. The van der Waals surface area contributed by atoms with E-state index in [-0.39, 0.29) is 0 Å². The van der Waals surface area contributed by atoms with Crippen molar-refractivity contribution in [1.29, 1.82) is 0 Å². The molecule has 0 nitrogen and oxygen atoms in total. The molecule has 5 atom stereocenters. The van der Waals surface area contributed by atoms with Crippen LogP contribution in [0, 0.1) is 34.5 Å². The summed E-state index contributed by atoms with van der Waals surface area (Å²) in [5, 5.41) is 0. The Bertz CT molecular complexity index is 278. The van der Waals surface area contributed by atoms with Gasteiger partial charge in [0.05, 0.1) is 0 Å². The van der Waals surface area contributed by atoms with Gasteiger partial charge in [-0.1, -0.05) is 34.1 Å². The Morgan fingerprint density at radius 2 is 1.73 bits per heavy atom. The van der Waals surface area contributed by atoms with Crippen LogP contribution < -0.4 is 0 Å². The zero-order valence-corrected chi connectivity index (χ0v) is 10.8. The van der Waals surface area contributed by atoms with Crippen LogP contribution in [0.5, 0.6) is 0 Å². The molecule has 3 aliphatic rings. The third kappa shape index (κ3) is 1.20. The van der Waals surface area contributed by atoms with Gasteiger partial charge in [-0.05, 0) is 60.2 Å². The third-order valence-electron chi connectivity index (χ3n) is 6.26. The summed E-state index contributed by atoms with van der Waals surface area (Å²) in [5.41, 5.74) is 1.35. The standard InChI is InChI=1S/C15H26/c1-10-5-6-12-13-11(10)7-8-15(12,4)9-14(13,2)3/h10-13H,5-9H2,1-4H3/t10-,11+,12+,13?,15+/m1/s1. The van der Waals surface area contributed by atoms with Gasteiger partial charge in [0.15, 0.2) is 0 Å². The van der Waals surface area contributed by atoms with Crippen LogP contribution in [0.25, 0.3) is 0 Å². The van der Waals surface area contributed by atoms with Crippen LogP contribution in [-0.2, 0) is 0 Å². The minimum atomic E-state index is 0.634. The zero-order valence-electron chi connectivity index (χ0n) is 10.8. The molecule has 4 bridgehead atoms. The highest BCUT2D eigenvalue weighted by molar-refractivity contribution is 5.10. The maximum atomic E-state index is 2.59. The van der Waals surface area contributed by atoms with Gasteiger partial charge in [-0.3, -0.25) is 0 Å². The molecule has 3 fully saturated rings. The predicted molar refractivity (Wildman–Crippen MR) is 64.6 cm³/mol. The van der Waals surface area contributed by atoms with Gasteiger partial charge >= 0.3 is 0 Å². The number of rotatable bonds is 0. The largest absolute Gasteiger partial charge is 0.0622 e. The minimum Gasteiger partial charge on any atom is -0.0622 e. The Morgan fingerprint density at radius 3 is 2.47 bits per heavy atom. The molecule has 0 saturated heterocycles. The summed E-state index contributed by atoms with van der Waals surface area (Å²) in [6.07, 6.45) is 7.59. The highest BCUT2D eigenvalue weighted by Gasteiger charge is 2.61. The molecule has 0 aromatic heterocycles. The van der Waals surface area contributed by atoms with Crippen molar-refractivity contribution in [3.05, 3.63) is 0 Å². The van der Waals surface area contributed by atoms with Crippen molar-refractivity contribution in [2.24, 2.45) is 34.5 Å². The molecule has 0 radical (unpaired) electrons. The van der Waals surface area contributed by atoms with Gasteiger partial charge < -0.3 is 0 Å². The molecule has 0 N–H and O–H groups in total. The molecule has 0 aromatic rings. The maximum absolute atomic E-state index is 2.59. The Hall–Kier alpha value is 0. The van der Waals surface area contributed by atoms with E-state index in [0.717, 1.165) is 23.7 Å². The highest BCUT2D eigenvalue weighted by atomic mass is 14.7. The van der Waals surface area contributed by atoms with E-state index in [4.69, 9.17) is 0 Å². The third-order valence-corrected chi connectivity index (χ3v) is 6.26. The van der Waals surface area contributed by atoms with Gasteiger partial charge in [0.2, 0.25) is 0 Å². The molecular formula is C15H26. The van der Waals surface area contributed by atoms with Gasteiger partial charge in [-0.15, -0.1) is 0 Å². The average Bonchev–Trinajstić information content (AvgIpc) is 2.25. The Morgan fingerprint density at radius 1 is 1.00 bits per heavy atom. The van der Waals surface area contributed by atoms with E-state index in [9.17, 15) is 0 Å². The lowest BCUT2D eigenvalue weighted by molar-refractivity contribution is -0.0153. The van der Waals surface area contributed by atoms with E-state index in [1.165, 1.54) is 32.1 Å². The van der Waals surface area contributed by atoms with Crippen molar-refractivity contribution >= 4 is 0 Å². The highest BCUT2D eigenvalue weighted by Crippen LogP contribution is 2.69. The van der Waals surface area contributed by atoms with Gasteiger partial charge in [-0.25, -0.2) is 0 Å². The zero-order chi connectivity index (χ0) is 10.8. The minimum absolute atomic E-state index is 0.634. The van der Waals surface area contributed by atoms with Crippen molar-refractivity contribution in [2.75, 3.05) is 0 Å². The van der Waals surface area contributed by atoms with Crippen molar-refractivity contribution < 1.29 is 0 Å². The van der Waals surface area contributed by atoms with Crippen LogP contribution in [0.4, 0.5) is 0 Å². The molecule has 3 saturated carbocycles. The molecule has 3 rings (SSSR count). The van der Waals surface area contributed by atoms with Crippen LogP contribution in [0.3, 0.4) is 0 Å². The summed E-state index contributed by atoms with van der Waals surface area (Å²) < 4.78 is 0. The van der Waals surface area contributed by atoms with E-state index >= 15 is 0 Å². The van der Waals surface area contributed by atoms with Crippen LogP contribution in [0.2, 0.25) is 0 Å². The number of hydrogen-bond donors (Lipinski definition) is 0. The van der Waals surface area contributed by atoms with E-state index in [0.29, 0.717) is 10.8 Å². The first-order valence-corrected chi connectivity index (χ1v) is 6.94. The monoisotopic (exact) mass is 206 g/mol. The molecule has 0 aromatic carbocycles. The topological polar surface area (TPSA) is 0 Å². The van der Waals surface area contributed by atoms with E-state index < -0.39 is 0 Å². The normalized spacial score (nSPS) is 56.8. The fourth-order valence-electron chi connectivity index (χ4n) is 5.92. The second kappa shape index (κ2) is 2.81. The van der Waals surface area contributed by atoms with Crippen molar-refractivity contribution in [3.8, 4) is 0 Å². The molecule has 15 heavy (non-hydrogen) atoms. The Labute approximate surface area is 94.8 Å². The van der Waals surface area contributed by atoms with Gasteiger partial charge in [0.25, 0.3) is 0 Å². The summed E-state index contributed by atoms with van der Waals surface area (Å²) >= 11 is 0.